The molecule has 1 rings (SSSR count). The summed E-state index contributed by atoms with van der Waals surface area (Å²) in [6, 6.07) is 6.02. The Kier molecular flexibility index (Phi) is 7.54. The van der Waals surface area contributed by atoms with Crippen molar-refractivity contribution < 1.29 is 13.2 Å². The molecular formula is C15H25ClN2O3S. The molecule has 0 aliphatic rings. The van der Waals surface area contributed by atoms with Gasteiger partial charge in [0.15, 0.2) is 9.84 Å². The minimum absolute atomic E-state index is 0. The number of rotatable bonds is 6. The minimum atomic E-state index is -3.33. The number of hydrogen-bond donors (Lipinski definition) is 2. The van der Waals surface area contributed by atoms with E-state index in [-0.39, 0.29) is 23.2 Å². The van der Waals surface area contributed by atoms with Crippen LogP contribution in [0.5, 0.6) is 0 Å². The fourth-order valence-electron chi connectivity index (χ4n) is 2.30. The average molecular weight is 349 g/mol. The van der Waals surface area contributed by atoms with Crippen LogP contribution in [0.2, 0.25) is 0 Å². The number of carbonyl (C=O) groups excluding carboxylic acids is 1. The Labute approximate surface area is 139 Å². The van der Waals surface area contributed by atoms with Crippen molar-refractivity contribution in [3.63, 3.8) is 0 Å². The Morgan fingerprint density at radius 2 is 1.95 bits per heavy atom. The topological polar surface area (TPSA) is 89.3 Å². The van der Waals surface area contributed by atoms with Crippen LogP contribution in [0.4, 0.5) is 0 Å². The summed E-state index contributed by atoms with van der Waals surface area (Å²) < 4.78 is 23.1. The van der Waals surface area contributed by atoms with Crippen LogP contribution in [0.3, 0.4) is 0 Å². The molecule has 22 heavy (non-hydrogen) atoms. The molecule has 1 atom stereocenters. The number of nitrogens with one attached hydrogen (secondary N) is 1. The summed E-state index contributed by atoms with van der Waals surface area (Å²) in [4.78, 5) is 12.5. The number of carbonyl (C=O) groups is 1. The Hall–Kier alpha value is -1.11. The quantitative estimate of drug-likeness (QED) is 0.822. The highest BCUT2D eigenvalue weighted by molar-refractivity contribution is 7.90. The van der Waals surface area contributed by atoms with Crippen LogP contribution in [0.1, 0.15) is 37.6 Å². The number of amides is 1. The van der Waals surface area contributed by atoms with E-state index in [1.807, 2.05) is 6.92 Å². The first-order chi connectivity index (χ1) is 9.57. The maximum absolute atomic E-state index is 12.3. The first-order valence-corrected chi connectivity index (χ1v) is 8.79. The molecule has 5 nitrogen and oxygen atoms in total. The summed E-state index contributed by atoms with van der Waals surface area (Å²) in [6.45, 7) is 6.34. The summed E-state index contributed by atoms with van der Waals surface area (Å²) >= 11 is 0. The first-order valence-electron chi connectivity index (χ1n) is 6.90. The zero-order chi connectivity index (χ0) is 16.3. The van der Waals surface area contributed by atoms with Crippen molar-refractivity contribution in [1.82, 2.24) is 5.32 Å². The molecule has 126 valence electrons. The van der Waals surface area contributed by atoms with Gasteiger partial charge in [-0.05, 0) is 37.5 Å². The lowest BCUT2D eigenvalue weighted by Crippen LogP contribution is -2.52. The third-order valence-corrected chi connectivity index (χ3v) is 4.36. The number of nitrogens with two attached hydrogens (primary N) is 1. The van der Waals surface area contributed by atoms with Crippen LogP contribution in [0, 0.1) is 5.92 Å². The standard InChI is InChI=1S/C15H24N2O3S.ClH/c1-11(2)9-15(3,10-16)17-14(18)12-6-5-7-13(8-12)21(4,19)20;/h5-8,11H,9-10,16H2,1-4H3,(H,17,18);1H. The van der Waals surface area contributed by atoms with Crippen molar-refractivity contribution in [3.8, 4) is 0 Å². The summed E-state index contributed by atoms with van der Waals surface area (Å²) in [5.74, 6) is 0.0790. The van der Waals surface area contributed by atoms with Gasteiger partial charge in [0.25, 0.3) is 5.91 Å². The van der Waals surface area contributed by atoms with E-state index in [9.17, 15) is 13.2 Å². The lowest BCUT2D eigenvalue weighted by molar-refractivity contribution is 0.0898. The molecule has 0 saturated carbocycles. The Balaban J connectivity index is 0.00000441. The molecule has 1 aromatic rings. The normalized spacial score (nSPS) is 14.1. The van der Waals surface area contributed by atoms with Crippen molar-refractivity contribution in [2.45, 2.75) is 37.6 Å². The molecule has 0 aliphatic heterocycles. The highest BCUT2D eigenvalue weighted by Crippen LogP contribution is 2.17. The second-order valence-electron chi connectivity index (χ2n) is 6.12. The van der Waals surface area contributed by atoms with Crippen LogP contribution >= 0.6 is 12.4 Å². The van der Waals surface area contributed by atoms with Crippen molar-refractivity contribution in [2.75, 3.05) is 12.8 Å². The lowest BCUT2D eigenvalue weighted by atomic mass is 9.90. The lowest BCUT2D eigenvalue weighted by Gasteiger charge is -2.31. The minimum Gasteiger partial charge on any atom is -0.346 e. The molecule has 0 radical (unpaired) electrons. The molecule has 0 heterocycles. The molecule has 0 aliphatic carbocycles. The van der Waals surface area contributed by atoms with Gasteiger partial charge >= 0.3 is 0 Å². The van der Waals surface area contributed by atoms with Crippen LogP contribution < -0.4 is 11.1 Å². The number of sulfone groups is 1. The highest BCUT2D eigenvalue weighted by atomic mass is 35.5. The molecule has 0 bridgehead atoms. The Morgan fingerprint density at radius 1 is 1.36 bits per heavy atom. The number of benzene rings is 1. The molecule has 0 spiro atoms. The number of halogens is 1. The van der Waals surface area contributed by atoms with E-state index < -0.39 is 15.4 Å². The van der Waals surface area contributed by atoms with Crippen molar-refractivity contribution in [2.24, 2.45) is 11.7 Å². The van der Waals surface area contributed by atoms with Gasteiger partial charge < -0.3 is 11.1 Å². The van der Waals surface area contributed by atoms with Gasteiger partial charge in [0, 0.05) is 23.9 Å². The van der Waals surface area contributed by atoms with E-state index in [1.54, 1.807) is 12.1 Å². The summed E-state index contributed by atoms with van der Waals surface area (Å²) in [5, 5.41) is 2.91. The third-order valence-electron chi connectivity index (χ3n) is 3.25. The molecule has 1 amide bonds. The Morgan fingerprint density at radius 3 is 2.41 bits per heavy atom. The molecule has 7 heteroatoms. The zero-order valence-electron chi connectivity index (χ0n) is 13.4. The zero-order valence-corrected chi connectivity index (χ0v) is 15.1. The van der Waals surface area contributed by atoms with E-state index in [2.05, 4.69) is 19.2 Å². The highest BCUT2D eigenvalue weighted by Gasteiger charge is 2.26. The third kappa shape index (κ3) is 5.94. The molecule has 0 saturated heterocycles. The molecule has 0 aromatic heterocycles. The van der Waals surface area contributed by atoms with Crippen molar-refractivity contribution >= 4 is 28.2 Å². The van der Waals surface area contributed by atoms with Gasteiger partial charge in [0.1, 0.15) is 0 Å². The maximum atomic E-state index is 12.3. The second-order valence-corrected chi connectivity index (χ2v) is 8.13. The van der Waals surface area contributed by atoms with Gasteiger partial charge in [0.05, 0.1) is 4.90 Å². The van der Waals surface area contributed by atoms with Crippen molar-refractivity contribution in [1.29, 1.82) is 0 Å². The maximum Gasteiger partial charge on any atom is 0.251 e. The summed E-state index contributed by atoms with van der Waals surface area (Å²) in [7, 11) is -3.33. The summed E-state index contributed by atoms with van der Waals surface area (Å²) in [6.07, 6.45) is 1.87. The SMILES string of the molecule is CC(C)CC(C)(CN)NC(=O)c1cccc(S(C)(=O)=O)c1.Cl. The fraction of sp³-hybridized carbons (Fsp3) is 0.533. The van der Waals surface area contributed by atoms with Gasteiger partial charge in [-0.3, -0.25) is 4.79 Å². The van der Waals surface area contributed by atoms with E-state index in [1.165, 1.54) is 12.1 Å². The monoisotopic (exact) mass is 348 g/mol. The average Bonchev–Trinajstić information content (AvgIpc) is 2.37. The predicted octanol–water partition coefficient (Wildman–Crippen LogP) is 2.01. The molecule has 3 N–H and O–H groups in total. The smallest absolute Gasteiger partial charge is 0.251 e. The van der Waals surface area contributed by atoms with Gasteiger partial charge in [-0.1, -0.05) is 19.9 Å². The van der Waals surface area contributed by atoms with E-state index in [0.717, 1.165) is 12.7 Å². The van der Waals surface area contributed by atoms with Crippen LogP contribution in [-0.4, -0.2) is 32.7 Å². The van der Waals surface area contributed by atoms with Crippen LogP contribution in [0.15, 0.2) is 29.2 Å². The van der Waals surface area contributed by atoms with E-state index in [0.29, 0.717) is 18.0 Å². The van der Waals surface area contributed by atoms with E-state index in [4.69, 9.17) is 5.73 Å². The van der Waals surface area contributed by atoms with Gasteiger partial charge in [-0.15, -0.1) is 12.4 Å². The van der Waals surface area contributed by atoms with Gasteiger partial charge in [-0.25, -0.2) is 8.42 Å². The van der Waals surface area contributed by atoms with E-state index >= 15 is 0 Å². The van der Waals surface area contributed by atoms with Gasteiger partial charge in [-0.2, -0.15) is 0 Å². The molecule has 0 fully saturated rings. The first kappa shape index (κ1) is 20.9. The molecule has 1 unspecified atom stereocenters. The predicted molar refractivity (Wildman–Crippen MR) is 91.2 cm³/mol. The second kappa shape index (κ2) is 7.94. The summed E-state index contributed by atoms with van der Waals surface area (Å²) in [5.41, 5.74) is 5.58. The fourth-order valence-corrected chi connectivity index (χ4v) is 2.97. The van der Waals surface area contributed by atoms with Gasteiger partial charge in [0.2, 0.25) is 0 Å². The van der Waals surface area contributed by atoms with Crippen LogP contribution in [-0.2, 0) is 9.84 Å². The van der Waals surface area contributed by atoms with Crippen LogP contribution in [0.25, 0.3) is 0 Å². The van der Waals surface area contributed by atoms with Crippen molar-refractivity contribution in [3.05, 3.63) is 29.8 Å². The largest absolute Gasteiger partial charge is 0.346 e. The Bertz CT molecular complexity index is 617. The molecule has 1 aromatic carbocycles. The molecular weight excluding hydrogens is 324 g/mol. The number of hydrogen-bond acceptors (Lipinski definition) is 4.